The van der Waals surface area contributed by atoms with E-state index < -0.39 is 11.4 Å². The minimum absolute atomic E-state index is 0.363. The summed E-state index contributed by atoms with van der Waals surface area (Å²) in [6, 6.07) is 11.2. The third-order valence-corrected chi connectivity index (χ3v) is 4.14. The molecule has 0 saturated carbocycles. The Bertz CT molecular complexity index is 648. The minimum Gasteiger partial charge on any atom is -0.591 e. The van der Waals surface area contributed by atoms with E-state index in [2.05, 4.69) is 9.38 Å². The fourth-order valence-electron chi connectivity index (χ4n) is 1.58. The van der Waals surface area contributed by atoms with Crippen LogP contribution in [0.5, 0.6) is 11.5 Å². The van der Waals surface area contributed by atoms with Crippen LogP contribution < -0.4 is 4.74 Å². The van der Waals surface area contributed by atoms with Gasteiger partial charge in [0.2, 0.25) is 0 Å². The van der Waals surface area contributed by atoms with Gasteiger partial charge >= 0.3 is 0 Å². The van der Waals surface area contributed by atoms with E-state index >= 15 is 0 Å². The Morgan fingerprint density at radius 3 is 2.59 bits per heavy atom. The van der Waals surface area contributed by atoms with Crippen LogP contribution in [0.4, 0.5) is 0 Å². The zero-order valence-corrected chi connectivity index (χ0v) is 14.1. The van der Waals surface area contributed by atoms with Crippen molar-refractivity contribution in [3.8, 4) is 11.5 Å². The second-order valence-corrected chi connectivity index (χ2v) is 7.84. The molecule has 4 nitrogen and oxygen atoms in total. The number of hydrogen-bond acceptors (Lipinski definition) is 4. The van der Waals surface area contributed by atoms with Gasteiger partial charge < -0.3 is 9.29 Å². The van der Waals surface area contributed by atoms with E-state index in [0.29, 0.717) is 11.5 Å². The molecule has 0 saturated heterocycles. The van der Waals surface area contributed by atoms with E-state index in [1.54, 1.807) is 12.4 Å². The Labute approximate surface area is 134 Å². The number of benzene rings is 1. The lowest BCUT2D eigenvalue weighted by atomic mass is 10.2. The second kappa shape index (κ2) is 6.94. The largest absolute Gasteiger partial charge is 0.591 e. The van der Waals surface area contributed by atoms with E-state index in [-0.39, 0.29) is 4.75 Å². The smallest absolute Gasteiger partial charge is 0.145 e. The number of pyridine rings is 1. The second-order valence-electron chi connectivity index (χ2n) is 5.91. The van der Waals surface area contributed by atoms with Gasteiger partial charge in [0.1, 0.15) is 27.6 Å². The first-order chi connectivity index (χ1) is 10.3. The van der Waals surface area contributed by atoms with Gasteiger partial charge in [-0.15, -0.1) is 0 Å². The molecular weight excluding hydrogens is 296 g/mol. The zero-order valence-electron chi connectivity index (χ0n) is 13.2. The Hall–Kier alpha value is -1.85. The zero-order chi connectivity index (χ0) is 16.2. The molecular formula is C17H20N2O2S. The molecule has 1 heterocycles. The van der Waals surface area contributed by atoms with Crippen LogP contribution in [0.25, 0.3) is 0 Å². The van der Waals surface area contributed by atoms with Crippen molar-refractivity contribution in [1.29, 1.82) is 0 Å². The van der Waals surface area contributed by atoms with Crippen molar-refractivity contribution in [2.45, 2.75) is 32.4 Å². The van der Waals surface area contributed by atoms with Crippen molar-refractivity contribution >= 4 is 17.6 Å². The lowest BCUT2D eigenvalue weighted by Gasteiger charge is -2.17. The summed E-state index contributed by atoms with van der Waals surface area (Å²) in [5.41, 5.74) is 1.79. The molecule has 1 aromatic heterocycles. The summed E-state index contributed by atoms with van der Waals surface area (Å²) in [6.45, 7) is 7.61. The quantitative estimate of drug-likeness (QED) is 0.631. The van der Waals surface area contributed by atoms with Crippen LogP contribution in [-0.4, -0.2) is 20.5 Å². The molecule has 0 aliphatic heterocycles. The van der Waals surface area contributed by atoms with Crippen LogP contribution in [-0.2, 0) is 11.4 Å². The number of ether oxygens (including phenoxy) is 1. The highest BCUT2D eigenvalue weighted by atomic mass is 32.2. The lowest BCUT2D eigenvalue weighted by molar-refractivity contribution is 0.480. The van der Waals surface area contributed by atoms with Gasteiger partial charge in [0.05, 0.1) is 12.4 Å². The van der Waals surface area contributed by atoms with Crippen molar-refractivity contribution in [2.75, 3.05) is 0 Å². The Morgan fingerprint density at radius 1 is 1.18 bits per heavy atom. The predicted octanol–water partition coefficient (Wildman–Crippen LogP) is 4.06. The highest BCUT2D eigenvalue weighted by molar-refractivity contribution is 7.91. The maximum absolute atomic E-state index is 11.9. The molecule has 0 aliphatic rings. The van der Waals surface area contributed by atoms with Gasteiger partial charge in [-0.05, 0) is 52.0 Å². The van der Waals surface area contributed by atoms with E-state index in [0.717, 1.165) is 11.3 Å². The van der Waals surface area contributed by atoms with Gasteiger partial charge in [-0.1, -0.05) is 16.5 Å². The van der Waals surface area contributed by atoms with Crippen molar-refractivity contribution in [2.24, 2.45) is 4.40 Å². The molecule has 0 radical (unpaired) electrons. The molecule has 22 heavy (non-hydrogen) atoms. The molecule has 0 spiro atoms. The maximum Gasteiger partial charge on any atom is 0.145 e. The molecule has 2 aromatic rings. The monoisotopic (exact) mass is 316 g/mol. The summed E-state index contributed by atoms with van der Waals surface area (Å²) < 4.78 is 21.4. The van der Waals surface area contributed by atoms with Gasteiger partial charge in [-0.25, -0.2) is 0 Å². The summed E-state index contributed by atoms with van der Waals surface area (Å²) in [6.07, 6.45) is 3.30. The third-order valence-electron chi connectivity index (χ3n) is 2.80. The molecule has 1 atom stereocenters. The number of rotatable bonds is 4. The van der Waals surface area contributed by atoms with E-state index in [1.165, 1.54) is 0 Å². The van der Waals surface area contributed by atoms with Crippen LogP contribution in [0.2, 0.25) is 0 Å². The molecule has 0 bridgehead atoms. The van der Waals surface area contributed by atoms with Gasteiger partial charge in [-0.2, -0.15) is 0 Å². The number of hydrogen-bond donors (Lipinski definition) is 0. The average Bonchev–Trinajstić information content (AvgIpc) is 2.46. The van der Waals surface area contributed by atoms with Crippen LogP contribution in [0.3, 0.4) is 0 Å². The van der Waals surface area contributed by atoms with E-state index in [1.807, 2.05) is 64.1 Å². The van der Waals surface area contributed by atoms with Gasteiger partial charge in [0.15, 0.2) is 0 Å². The summed E-state index contributed by atoms with van der Waals surface area (Å²) in [5.74, 6) is 1.37. The molecule has 0 aliphatic carbocycles. The van der Waals surface area contributed by atoms with Crippen LogP contribution in [0.1, 0.15) is 32.0 Å². The highest BCUT2D eigenvalue weighted by Crippen LogP contribution is 2.22. The molecule has 2 rings (SSSR count). The molecule has 0 N–H and O–H groups in total. The summed E-state index contributed by atoms with van der Waals surface area (Å²) in [4.78, 5) is 4.19. The van der Waals surface area contributed by atoms with Crippen LogP contribution in [0, 0.1) is 6.92 Å². The SMILES string of the molecule is Cc1ccc(Oc2cccc(C=N[S+]([O-])C(C)(C)C)c2)cn1. The highest BCUT2D eigenvalue weighted by Gasteiger charge is 2.25. The number of aromatic nitrogens is 1. The van der Waals surface area contributed by atoms with Crippen molar-refractivity contribution in [3.63, 3.8) is 0 Å². The Balaban J connectivity index is 2.10. The van der Waals surface area contributed by atoms with Gasteiger partial charge in [-0.3, -0.25) is 4.98 Å². The molecule has 1 unspecified atom stereocenters. The first-order valence-corrected chi connectivity index (χ1v) is 8.12. The molecule has 1 aromatic carbocycles. The Kier molecular flexibility index (Phi) is 5.21. The minimum atomic E-state index is -1.27. The standard InChI is InChI=1S/C17H20N2O2S/c1-13-8-9-16(12-18-13)21-15-7-5-6-14(10-15)11-19-22(20)17(2,3)4/h5-12H,1-4H3. The third kappa shape index (κ3) is 4.86. The fraction of sp³-hybridized carbons (Fsp3) is 0.294. The molecule has 116 valence electrons. The van der Waals surface area contributed by atoms with E-state index in [9.17, 15) is 4.55 Å². The normalized spacial score (nSPS) is 13.3. The molecule has 0 amide bonds. The first kappa shape index (κ1) is 16.5. The fourth-order valence-corrected chi connectivity index (χ4v) is 2.11. The number of aryl methyl sites for hydroxylation is 1. The van der Waals surface area contributed by atoms with Crippen molar-refractivity contribution in [1.82, 2.24) is 4.98 Å². The summed E-state index contributed by atoms with van der Waals surface area (Å²) in [7, 11) is 0. The summed E-state index contributed by atoms with van der Waals surface area (Å²) >= 11 is -1.27. The van der Waals surface area contributed by atoms with Crippen LogP contribution >= 0.6 is 0 Å². The topological polar surface area (TPSA) is 57.5 Å². The maximum atomic E-state index is 11.9. The summed E-state index contributed by atoms with van der Waals surface area (Å²) in [5, 5.41) is 0. The van der Waals surface area contributed by atoms with Crippen molar-refractivity contribution in [3.05, 3.63) is 53.9 Å². The lowest BCUT2D eigenvalue weighted by Crippen LogP contribution is -2.25. The predicted molar refractivity (Wildman–Crippen MR) is 91.0 cm³/mol. The molecule has 5 heteroatoms. The Morgan fingerprint density at radius 2 is 1.95 bits per heavy atom. The van der Waals surface area contributed by atoms with Gasteiger partial charge in [0, 0.05) is 11.3 Å². The number of nitrogens with zero attached hydrogens (tertiary/aromatic N) is 2. The molecule has 0 fully saturated rings. The first-order valence-electron chi connectivity index (χ1n) is 7.01. The average molecular weight is 316 g/mol. The van der Waals surface area contributed by atoms with Crippen molar-refractivity contribution < 1.29 is 9.29 Å². The van der Waals surface area contributed by atoms with E-state index in [4.69, 9.17) is 4.74 Å². The van der Waals surface area contributed by atoms with Crippen LogP contribution in [0.15, 0.2) is 47.0 Å². The van der Waals surface area contributed by atoms with Gasteiger partial charge in [0.25, 0.3) is 0 Å².